The summed E-state index contributed by atoms with van der Waals surface area (Å²) in [5.74, 6) is -0.0494. The molecular formula is C31H21F6N7O3. The highest BCUT2D eigenvalue weighted by molar-refractivity contribution is 5.83. The number of nitriles is 1. The fraction of sp³-hybridized carbons (Fsp3) is 0.194. The predicted molar refractivity (Wildman–Crippen MR) is 158 cm³/mol. The van der Waals surface area contributed by atoms with Crippen molar-refractivity contribution in [1.82, 2.24) is 15.0 Å². The fourth-order valence-corrected chi connectivity index (χ4v) is 4.96. The van der Waals surface area contributed by atoms with Crippen molar-refractivity contribution < 1.29 is 35.5 Å². The first-order chi connectivity index (χ1) is 22.4. The third-order valence-electron chi connectivity index (χ3n) is 7.24. The van der Waals surface area contributed by atoms with Gasteiger partial charge in [-0.2, -0.15) is 46.6 Å². The number of fused-ring (bicyclic) bond motifs is 1. The molecule has 0 saturated carbocycles. The molecule has 0 spiro atoms. The molecule has 1 fully saturated rings. The summed E-state index contributed by atoms with van der Waals surface area (Å²) in [6.07, 6.45) is -9.26. The lowest BCUT2D eigenvalue weighted by Crippen LogP contribution is -2.47. The Morgan fingerprint density at radius 3 is 2.21 bits per heavy atom. The Bertz CT molecular complexity index is 2030. The average Bonchev–Trinajstić information content (AvgIpc) is 3.04. The molecule has 0 unspecified atom stereocenters. The molecule has 5 aromatic rings. The number of benzene rings is 3. The molecule has 16 heteroatoms. The van der Waals surface area contributed by atoms with Gasteiger partial charge >= 0.3 is 24.0 Å². The van der Waals surface area contributed by atoms with Crippen molar-refractivity contribution in [2.45, 2.75) is 12.4 Å². The maximum absolute atomic E-state index is 13.6. The first kappa shape index (κ1) is 31.1. The normalized spacial score (nSPS) is 13.8. The Balaban J connectivity index is 1.31. The van der Waals surface area contributed by atoms with E-state index in [0.717, 1.165) is 30.3 Å². The summed E-state index contributed by atoms with van der Waals surface area (Å²) in [6, 6.07) is 16.7. The van der Waals surface area contributed by atoms with E-state index in [1.165, 1.54) is 24.3 Å². The van der Waals surface area contributed by atoms with E-state index in [1.54, 1.807) is 29.2 Å². The van der Waals surface area contributed by atoms with Crippen LogP contribution in [0.2, 0.25) is 0 Å². The third-order valence-corrected chi connectivity index (χ3v) is 7.24. The highest BCUT2D eigenvalue weighted by Crippen LogP contribution is 2.35. The fourth-order valence-electron chi connectivity index (χ4n) is 4.96. The molecule has 2 aromatic heterocycles. The lowest BCUT2D eigenvalue weighted by molar-refractivity contribution is -0.138. The van der Waals surface area contributed by atoms with E-state index < -0.39 is 34.7 Å². The summed E-state index contributed by atoms with van der Waals surface area (Å²) in [6.45, 7) is 1.39. The van der Waals surface area contributed by atoms with E-state index in [2.05, 4.69) is 20.3 Å². The molecule has 6 rings (SSSR count). The number of aromatic nitrogens is 3. The highest BCUT2D eigenvalue weighted by Gasteiger charge is 2.34. The smallest absolute Gasteiger partial charge is 0.417 e. The van der Waals surface area contributed by atoms with Gasteiger partial charge in [0.05, 0.1) is 34.2 Å². The Labute approximate surface area is 261 Å². The summed E-state index contributed by atoms with van der Waals surface area (Å²) in [5, 5.41) is 12.3. The van der Waals surface area contributed by atoms with Gasteiger partial charge in [-0.3, -0.25) is 0 Å². The Morgan fingerprint density at radius 2 is 1.53 bits per heavy atom. The Kier molecular flexibility index (Phi) is 8.06. The molecule has 240 valence electrons. The van der Waals surface area contributed by atoms with Crippen molar-refractivity contribution in [2.24, 2.45) is 0 Å². The van der Waals surface area contributed by atoms with E-state index in [4.69, 9.17) is 14.4 Å². The van der Waals surface area contributed by atoms with Crippen LogP contribution >= 0.6 is 0 Å². The van der Waals surface area contributed by atoms with Crippen molar-refractivity contribution >= 4 is 34.2 Å². The summed E-state index contributed by atoms with van der Waals surface area (Å²) >= 11 is 0. The Hall–Kier alpha value is -5.85. The van der Waals surface area contributed by atoms with E-state index in [9.17, 15) is 31.1 Å². The van der Waals surface area contributed by atoms with Crippen LogP contribution in [0.1, 0.15) is 16.7 Å². The lowest BCUT2D eigenvalue weighted by Gasteiger charge is -2.36. The molecule has 1 saturated heterocycles. The van der Waals surface area contributed by atoms with Crippen LogP contribution in [0.3, 0.4) is 0 Å². The van der Waals surface area contributed by atoms with Crippen molar-refractivity contribution in [2.75, 3.05) is 41.3 Å². The van der Waals surface area contributed by atoms with Crippen molar-refractivity contribution in [3.63, 3.8) is 0 Å². The minimum Gasteiger partial charge on any atom is -0.423 e. The second-order valence-corrected chi connectivity index (χ2v) is 10.3. The van der Waals surface area contributed by atoms with Crippen LogP contribution in [0.4, 0.5) is 49.6 Å². The lowest BCUT2D eigenvalue weighted by atomic mass is 10.1. The minimum absolute atomic E-state index is 0.0600. The van der Waals surface area contributed by atoms with Crippen LogP contribution in [0.15, 0.2) is 82.0 Å². The zero-order valence-electron chi connectivity index (χ0n) is 23.9. The van der Waals surface area contributed by atoms with Gasteiger partial charge < -0.3 is 24.3 Å². The molecule has 0 bridgehead atoms. The largest absolute Gasteiger partial charge is 0.423 e. The van der Waals surface area contributed by atoms with Crippen molar-refractivity contribution in [3.05, 3.63) is 99.9 Å². The maximum atomic E-state index is 13.6. The molecule has 0 aliphatic carbocycles. The number of rotatable bonds is 6. The van der Waals surface area contributed by atoms with Gasteiger partial charge in [0.15, 0.2) is 0 Å². The molecule has 0 amide bonds. The monoisotopic (exact) mass is 653 g/mol. The molecule has 0 atom stereocenters. The molecule has 10 nitrogen and oxygen atoms in total. The van der Waals surface area contributed by atoms with Gasteiger partial charge in [0.2, 0.25) is 11.9 Å². The number of nitrogens with one attached hydrogen (secondary N) is 1. The number of para-hydroxylation sites is 1. The van der Waals surface area contributed by atoms with Crippen LogP contribution in [-0.4, -0.2) is 41.1 Å². The van der Waals surface area contributed by atoms with Crippen LogP contribution in [0.25, 0.3) is 11.0 Å². The first-order valence-electron chi connectivity index (χ1n) is 13.9. The van der Waals surface area contributed by atoms with Crippen LogP contribution in [-0.2, 0) is 12.4 Å². The molecule has 1 aliphatic heterocycles. The standard InChI is InChI=1S/C31H21F6N7O3/c32-30(33,34)19-6-9-21(10-7-19)43-11-13-44(14-12-43)28-40-27(39-20-8-5-18(17-38)23(15-20)31(35,36)37)41-29(42-28)47-25-16-26(45)46-24-4-2-1-3-22(24)25/h1-10,15-16H,11-14H2,(H,39,40,41,42). The second kappa shape index (κ2) is 12.2. The number of hydrogen-bond donors (Lipinski definition) is 1. The first-order valence-corrected chi connectivity index (χ1v) is 13.9. The quantitative estimate of drug-likeness (QED) is 0.156. The van der Waals surface area contributed by atoms with Gasteiger partial charge in [0.1, 0.15) is 11.3 Å². The topological polar surface area (TPSA) is 120 Å². The minimum atomic E-state index is -4.80. The molecule has 0 radical (unpaired) electrons. The van der Waals surface area contributed by atoms with Gasteiger partial charge in [-0.15, -0.1) is 0 Å². The summed E-state index contributed by atoms with van der Waals surface area (Å²) < 4.78 is 91.0. The van der Waals surface area contributed by atoms with E-state index in [-0.39, 0.29) is 34.9 Å². The number of piperazine rings is 1. The average molecular weight is 654 g/mol. The number of halogens is 6. The van der Waals surface area contributed by atoms with E-state index in [1.807, 2.05) is 4.90 Å². The zero-order valence-corrected chi connectivity index (χ0v) is 23.9. The summed E-state index contributed by atoms with van der Waals surface area (Å²) in [5.41, 5.74) is -2.43. The van der Waals surface area contributed by atoms with Gasteiger partial charge in [-0.1, -0.05) is 12.1 Å². The predicted octanol–water partition coefficient (Wildman–Crippen LogP) is 6.75. The van der Waals surface area contributed by atoms with Crippen molar-refractivity contribution in [1.29, 1.82) is 5.26 Å². The SMILES string of the molecule is N#Cc1ccc(Nc2nc(Oc3cc(=O)oc4ccccc34)nc(N3CCN(c4ccc(C(F)(F)F)cc4)CC3)n2)cc1C(F)(F)F. The number of ether oxygens (including phenoxy) is 1. The molecule has 3 heterocycles. The van der Waals surface area contributed by atoms with Gasteiger partial charge in [0, 0.05) is 37.6 Å². The second-order valence-electron chi connectivity index (χ2n) is 10.3. The van der Waals surface area contributed by atoms with E-state index in [0.29, 0.717) is 37.3 Å². The van der Waals surface area contributed by atoms with Gasteiger partial charge in [-0.05, 0) is 54.6 Å². The number of anilines is 4. The summed E-state index contributed by atoms with van der Waals surface area (Å²) in [4.78, 5) is 28.8. The Morgan fingerprint density at radius 1 is 0.830 bits per heavy atom. The number of hydrogen-bond acceptors (Lipinski definition) is 10. The maximum Gasteiger partial charge on any atom is 0.417 e. The molecule has 47 heavy (non-hydrogen) atoms. The van der Waals surface area contributed by atoms with Crippen LogP contribution < -0.4 is 25.5 Å². The van der Waals surface area contributed by atoms with Gasteiger partial charge in [-0.25, -0.2) is 4.79 Å². The van der Waals surface area contributed by atoms with Crippen molar-refractivity contribution in [3.8, 4) is 17.8 Å². The van der Waals surface area contributed by atoms with E-state index >= 15 is 0 Å². The van der Waals surface area contributed by atoms with Crippen LogP contribution in [0, 0.1) is 11.3 Å². The van der Waals surface area contributed by atoms with Gasteiger partial charge in [0.25, 0.3) is 0 Å². The molecule has 1 N–H and O–H groups in total. The zero-order chi connectivity index (χ0) is 33.3. The molecule has 1 aliphatic rings. The number of nitrogens with zero attached hydrogens (tertiary/aromatic N) is 6. The molecular weight excluding hydrogens is 632 g/mol. The molecule has 3 aromatic carbocycles. The summed E-state index contributed by atoms with van der Waals surface area (Å²) in [7, 11) is 0. The third kappa shape index (κ3) is 6.88. The number of alkyl halides is 6. The van der Waals surface area contributed by atoms with Crippen LogP contribution in [0.5, 0.6) is 11.8 Å². The highest BCUT2D eigenvalue weighted by atomic mass is 19.4.